The fourth-order valence-electron chi connectivity index (χ4n) is 2.16. The number of carbonyl (C=O) groups is 1. The molecular formula is C19H23ClLiO2P. The molecule has 0 aromatic heterocycles. The summed E-state index contributed by atoms with van der Waals surface area (Å²) in [6.07, 6.45) is 1.04. The van der Waals surface area contributed by atoms with Crippen LogP contribution in [0.25, 0.3) is 0 Å². The summed E-state index contributed by atoms with van der Waals surface area (Å²) in [5.41, 5.74) is 1.62. The summed E-state index contributed by atoms with van der Waals surface area (Å²) in [7, 11) is 0.0643. The maximum atomic E-state index is 12.5. The molecule has 24 heavy (non-hydrogen) atoms. The summed E-state index contributed by atoms with van der Waals surface area (Å²) in [6.45, 7) is 6.98. The van der Waals surface area contributed by atoms with E-state index in [0.29, 0.717) is 16.5 Å². The number of ether oxygens (including phenoxy) is 1. The fraction of sp³-hybridized carbons (Fsp3) is 0.316. The van der Waals surface area contributed by atoms with Crippen molar-refractivity contribution >= 4 is 49.9 Å². The topological polar surface area (TPSA) is 26.3 Å². The van der Waals surface area contributed by atoms with Gasteiger partial charge in [0, 0.05) is 5.56 Å². The number of halogens is 1. The minimum atomic E-state index is 0. The summed E-state index contributed by atoms with van der Waals surface area (Å²) in [5.74, 6) is 1.48. The van der Waals surface area contributed by atoms with Crippen LogP contribution in [0.4, 0.5) is 0 Å². The first-order valence-electron chi connectivity index (χ1n) is 7.76. The van der Waals surface area contributed by atoms with E-state index < -0.39 is 0 Å². The molecule has 0 saturated carbocycles. The SMILES string of the molecule is Cc1cccc(Cl)c1C(=O)Pc1ccc(OCCC(C)C)cc1.[LiH]. The molecule has 0 heterocycles. The molecule has 0 aliphatic rings. The van der Waals surface area contributed by atoms with Gasteiger partial charge in [-0.25, -0.2) is 0 Å². The Hall–Kier alpha value is -0.773. The molecule has 0 N–H and O–H groups in total. The van der Waals surface area contributed by atoms with E-state index in [1.165, 1.54) is 0 Å². The Bertz CT molecular complexity index is 651. The van der Waals surface area contributed by atoms with Crippen molar-refractivity contribution in [1.82, 2.24) is 0 Å². The van der Waals surface area contributed by atoms with E-state index in [1.54, 1.807) is 6.07 Å². The molecular weight excluding hydrogens is 334 g/mol. The Kier molecular flexibility index (Phi) is 9.10. The van der Waals surface area contributed by atoms with E-state index in [4.69, 9.17) is 16.3 Å². The van der Waals surface area contributed by atoms with E-state index in [1.807, 2.05) is 43.3 Å². The predicted octanol–water partition coefficient (Wildman–Crippen LogP) is 4.57. The number of rotatable bonds is 7. The van der Waals surface area contributed by atoms with Crippen molar-refractivity contribution in [2.45, 2.75) is 27.2 Å². The van der Waals surface area contributed by atoms with Crippen molar-refractivity contribution in [3.63, 3.8) is 0 Å². The van der Waals surface area contributed by atoms with Crippen LogP contribution in [0.1, 0.15) is 36.2 Å². The van der Waals surface area contributed by atoms with Crippen LogP contribution in [0, 0.1) is 12.8 Å². The molecule has 2 nitrogen and oxygen atoms in total. The van der Waals surface area contributed by atoms with Crippen LogP contribution in [0.5, 0.6) is 5.75 Å². The van der Waals surface area contributed by atoms with Crippen LogP contribution in [0.3, 0.4) is 0 Å². The molecule has 5 heteroatoms. The Morgan fingerprint density at radius 1 is 1.17 bits per heavy atom. The number of benzene rings is 2. The summed E-state index contributed by atoms with van der Waals surface area (Å²) >= 11 is 6.16. The van der Waals surface area contributed by atoms with E-state index in [2.05, 4.69) is 13.8 Å². The third-order valence-electron chi connectivity index (χ3n) is 3.53. The van der Waals surface area contributed by atoms with Crippen LogP contribution in [0.2, 0.25) is 5.02 Å². The first-order chi connectivity index (χ1) is 11.0. The van der Waals surface area contributed by atoms with Gasteiger partial charge in [-0.2, -0.15) is 0 Å². The second-order valence-corrected chi connectivity index (χ2v) is 7.63. The molecule has 1 atom stereocenters. The fourth-order valence-corrected chi connectivity index (χ4v) is 3.60. The first-order valence-corrected chi connectivity index (χ1v) is 9.14. The molecule has 0 aliphatic heterocycles. The molecule has 2 aromatic carbocycles. The predicted molar refractivity (Wildman–Crippen MR) is 107 cm³/mol. The van der Waals surface area contributed by atoms with E-state index in [0.717, 1.165) is 29.6 Å². The van der Waals surface area contributed by atoms with Crippen LogP contribution in [-0.4, -0.2) is 31.0 Å². The van der Waals surface area contributed by atoms with Gasteiger partial charge in [0.05, 0.1) is 11.6 Å². The second kappa shape index (κ2) is 10.3. The van der Waals surface area contributed by atoms with Crippen molar-refractivity contribution in [2.24, 2.45) is 5.92 Å². The molecule has 0 radical (unpaired) electrons. The molecule has 0 saturated heterocycles. The Labute approximate surface area is 163 Å². The summed E-state index contributed by atoms with van der Waals surface area (Å²) in [4.78, 5) is 12.5. The molecule has 124 valence electrons. The quantitative estimate of drug-likeness (QED) is 0.536. The first kappa shape index (κ1) is 21.3. The average molecular weight is 357 g/mol. The van der Waals surface area contributed by atoms with E-state index in [-0.39, 0.29) is 33.0 Å². The third kappa shape index (κ3) is 6.27. The number of hydrogen-bond acceptors (Lipinski definition) is 2. The summed E-state index contributed by atoms with van der Waals surface area (Å²) < 4.78 is 5.70. The molecule has 0 amide bonds. The van der Waals surface area contributed by atoms with Gasteiger partial charge in [0.25, 0.3) is 0 Å². The van der Waals surface area contributed by atoms with Gasteiger partial charge >= 0.3 is 18.9 Å². The number of aryl methyl sites for hydroxylation is 1. The van der Waals surface area contributed by atoms with Gasteiger partial charge in [-0.05, 0) is 56.9 Å². The molecule has 0 bridgehead atoms. The molecule has 1 unspecified atom stereocenters. The zero-order valence-corrected chi connectivity index (χ0v) is 15.5. The van der Waals surface area contributed by atoms with Crippen molar-refractivity contribution < 1.29 is 9.53 Å². The Morgan fingerprint density at radius 3 is 2.42 bits per heavy atom. The molecule has 2 rings (SSSR count). The van der Waals surface area contributed by atoms with Crippen LogP contribution in [0.15, 0.2) is 42.5 Å². The van der Waals surface area contributed by atoms with Crippen LogP contribution < -0.4 is 10.0 Å². The van der Waals surface area contributed by atoms with Crippen molar-refractivity contribution in [1.29, 1.82) is 0 Å². The molecule has 2 aromatic rings. The molecule has 0 spiro atoms. The van der Waals surface area contributed by atoms with Crippen molar-refractivity contribution in [2.75, 3.05) is 6.61 Å². The van der Waals surface area contributed by atoms with Gasteiger partial charge < -0.3 is 4.74 Å². The van der Waals surface area contributed by atoms with Gasteiger partial charge in [-0.15, -0.1) is 0 Å². The minimum absolute atomic E-state index is 0. The second-order valence-electron chi connectivity index (χ2n) is 5.94. The Balaban J connectivity index is 0.00000288. The standard InChI is InChI=1S/C19H22ClO2P.Li.H/c1-13(2)11-12-22-15-7-9-16(10-8-15)23-19(21)18-14(3)5-4-6-17(18)20;;/h4-10,13,23H,11-12H2,1-3H3;;. The molecule has 0 aliphatic carbocycles. The van der Waals surface area contributed by atoms with E-state index >= 15 is 0 Å². The monoisotopic (exact) mass is 356 g/mol. The van der Waals surface area contributed by atoms with E-state index in [9.17, 15) is 4.79 Å². The Morgan fingerprint density at radius 2 is 1.83 bits per heavy atom. The van der Waals surface area contributed by atoms with Gasteiger partial charge in [-0.1, -0.05) is 49.7 Å². The van der Waals surface area contributed by atoms with Crippen LogP contribution >= 0.6 is 20.2 Å². The van der Waals surface area contributed by atoms with Crippen molar-refractivity contribution in [3.05, 3.63) is 58.6 Å². The van der Waals surface area contributed by atoms with Crippen LogP contribution in [-0.2, 0) is 0 Å². The maximum absolute atomic E-state index is 12.5. The summed E-state index contributed by atoms with van der Waals surface area (Å²) in [6, 6.07) is 13.3. The van der Waals surface area contributed by atoms with Gasteiger partial charge in [0.2, 0.25) is 0 Å². The van der Waals surface area contributed by atoms with Gasteiger partial charge in [0.1, 0.15) is 5.75 Å². The zero-order valence-electron chi connectivity index (χ0n) is 13.7. The van der Waals surface area contributed by atoms with Gasteiger partial charge in [0.15, 0.2) is 5.52 Å². The molecule has 0 fully saturated rings. The third-order valence-corrected chi connectivity index (χ3v) is 4.94. The van der Waals surface area contributed by atoms with Gasteiger partial charge in [-0.3, -0.25) is 4.79 Å². The van der Waals surface area contributed by atoms with Crippen molar-refractivity contribution in [3.8, 4) is 5.75 Å². The zero-order chi connectivity index (χ0) is 16.8. The number of hydrogen-bond donors (Lipinski definition) is 0. The summed E-state index contributed by atoms with van der Waals surface area (Å²) in [5, 5.41) is 1.52. The average Bonchev–Trinajstić information content (AvgIpc) is 2.48. The normalized spacial score (nSPS) is 10.9. The number of carbonyl (C=O) groups excluding carboxylic acids is 1.